The fourth-order valence-electron chi connectivity index (χ4n) is 2.29. The van der Waals surface area contributed by atoms with Gasteiger partial charge in [-0.15, -0.1) is 11.3 Å². The molecule has 0 spiro atoms. The number of thiazole rings is 1. The average molecular weight is 473 g/mol. The van der Waals surface area contributed by atoms with Crippen molar-refractivity contribution < 1.29 is 4.74 Å². The van der Waals surface area contributed by atoms with E-state index in [1.165, 1.54) is 11.3 Å². The summed E-state index contributed by atoms with van der Waals surface area (Å²) in [4.78, 5) is 4.61. The molecule has 0 atom stereocenters. The van der Waals surface area contributed by atoms with Gasteiger partial charge in [0.05, 0.1) is 18.0 Å². The number of allylic oxidation sites excluding steroid dienone is 1. The summed E-state index contributed by atoms with van der Waals surface area (Å²) in [7, 11) is 0. The summed E-state index contributed by atoms with van der Waals surface area (Å²) < 4.78 is 6.55. The third kappa shape index (κ3) is 4.42. The molecule has 0 aliphatic heterocycles. The van der Waals surface area contributed by atoms with Crippen LogP contribution in [0.15, 0.2) is 60.1 Å². The highest BCUT2D eigenvalue weighted by Crippen LogP contribution is 2.27. The number of para-hydroxylation sites is 1. The second-order valence-electron chi connectivity index (χ2n) is 5.29. The second-order valence-corrected chi connectivity index (χ2v) is 7.31. The van der Waals surface area contributed by atoms with Gasteiger partial charge < -0.3 is 10.1 Å². The standard InChI is InChI=1S/C20H16IN3OS/c1-2-25-16-9-7-14(8-10-16)19-13-26-20(24-19)15(11-22)12-23-18-6-4-3-5-17(18)21/h3-10,12-13,23H,2H2,1H3/b15-12-. The van der Waals surface area contributed by atoms with E-state index in [1.54, 1.807) is 6.20 Å². The fraction of sp³-hybridized carbons (Fsp3) is 0.100. The molecule has 4 nitrogen and oxygen atoms in total. The van der Waals surface area contributed by atoms with Gasteiger partial charge in [-0.3, -0.25) is 0 Å². The first-order valence-corrected chi connectivity index (χ1v) is 9.97. The number of hydrogen-bond donors (Lipinski definition) is 1. The largest absolute Gasteiger partial charge is 0.494 e. The highest BCUT2D eigenvalue weighted by Gasteiger charge is 2.09. The van der Waals surface area contributed by atoms with Crippen molar-refractivity contribution in [3.8, 4) is 23.1 Å². The lowest BCUT2D eigenvalue weighted by Gasteiger charge is -2.04. The fourth-order valence-corrected chi connectivity index (χ4v) is 3.63. The average Bonchev–Trinajstić information content (AvgIpc) is 3.14. The molecule has 0 bridgehead atoms. The van der Waals surface area contributed by atoms with Gasteiger partial charge in [-0.05, 0) is 65.9 Å². The zero-order valence-corrected chi connectivity index (χ0v) is 17.0. The van der Waals surface area contributed by atoms with Crippen LogP contribution in [-0.2, 0) is 0 Å². The van der Waals surface area contributed by atoms with E-state index in [-0.39, 0.29) is 0 Å². The Balaban J connectivity index is 1.79. The van der Waals surface area contributed by atoms with Gasteiger partial charge in [0.2, 0.25) is 0 Å². The third-order valence-corrected chi connectivity index (χ3v) is 5.38. The molecule has 0 saturated carbocycles. The number of nitrogens with one attached hydrogen (secondary N) is 1. The van der Waals surface area contributed by atoms with Crippen LogP contribution in [-0.4, -0.2) is 11.6 Å². The second kappa shape index (κ2) is 8.83. The number of hydrogen-bond acceptors (Lipinski definition) is 5. The first-order chi connectivity index (χ1) is 12.7. The smallest absolute Gasteiger partial charge is 0.136 e. The van der Waals surface area contributed by atoms with E-state index in [0.717, 1.165) is 26.3 Å². The van der Waals surface area contributed by atoms with E-state index in [1.807, 2.05) is 60.8 Å². The van der Waals surface area contributed by atoms with Crippen molar-refractivity contribution in [1.29, 1.82) is 5.26 Å². The van der Waals surface area contributed by atoms with Crippen LogP contribution in [0.5, 0.6) is 5.75 Å². The molecule has 3 aromatic rings. The lowest BCUT2D eigenvalue weighted by molar-refractivity contribution is 0.340. The number of rotatable bonds is 6. The van der Waals surface area contributed by atoms with Gasteiger partial charge >= 0.3 is 0 Å². The summed E-state index contributed by atoms with van der Waals surface area (Å²) in [6.07, 6.45) is 1.71. The molecule has 0 amide bonds. The topological polar surface area (TPSA) is 57.9 Å². The Morgan fingerprint density at radius 3 is 2.73 bits per heavy atom. The van der Waals surface area contributed by atoms with E-state index in [2.05, 4.69) is 39.0 Å². The first-order valence-electron chi connectivity index (χ1n) is 8.01. The number of nitriles is 1. The van der Waals surface area contributed by atoms with Gasteiger partial charge in [0.25, 0.3) is 0 Å². The molecule has 0 aliphatic rings. The molecule has 0 unspecified atom stereocenters. The molecule has 1 aromatic heterocycles. The Morgan fingerprint density at radius 1 is 1.27 bits per heavy atom. The van der Waals surface area contributed by atoms with Crippen molar-refractivity contribution in [1.82, 2.24) is 4.98 Å². The molecule has 0 aliphatic carbocycles. The summed E-state index contributed by atoms with van der Waals surface area (Å²) >= 11 is 3.71. The van der Waals surface area contributed by atoms with Crippen LogP contribution in [0, 0.1) is 14.9 Å². The molecule has 0 radical (unpaired) electrons. The van der Waals surface area contributed by atoms with E-state index >= 15 is 0 Å². The maximum atomic E-state index is 9.49. The van der Waals surface area contributed by atoms with Crippen molar-refractivity contribution in [3.63, 3.8) is 0 Å². The molecule has 1 N–H and O–H groups in total. The van der Waals surface area contributed by atoms with Gasteiger partial charge in [-0.2, -0.15) is 5.26 Å². The number of anilines is 1. The van der Waals surface area contributed by atoms with Crippen LogP contribution in [0.25, 0.3) is 16.8 Å². The molecular weight excluding hydrogens is 457 g/mol. The molecule has 0 saturated heterocycles. The van der Waals surface area contributed by atoms with Crippen molar-refractivity contribution in [2.75, 3.05) is 11.9 Å². The number of halogens is 1. The normalized spacial score (nSPS) is 11.0. The lowest BCUT2D eigenvalue weighted by Crippen LogP contribution is -1.93. The van der Waals surface area contributed by atoms with E-state index in [4.69, 9.17) is 4.74 Å². The Bertz CT molecular complexity index is 958. The predicted octanol–water partition coefficient (Wildman–Crippen LogP) is 5.79. The minimum Gasteiger partial charge on any atom is -0.494 e. The highest BCUT2D eigenvalue weighted by atomic mass is 127. The van der Waals surface area contributed by atoms with Crippen LogP contribution >= 0.6 is 33.9 Å². The van der Waals surface area contributed by atoms with E-state index in [0.29, 0.717) is 17.2 Å². The Morgan fingerprint density at radius 2 is 2.04 bits per heavy atom. The van der Waals surface area contributed by atoms with Gasteiger partial charge in [-0.1, -0.05) is 12.1 Å². The van der Waals surface area contributed by atoms with Gasteiger partial charge in [0.15, 0.2) is 0 Å². The highest BCUT2D eigenvalue weighted by molar-refractivity contribution is 14.1. The molecular formula is C20H16IN3OS. The summed E-state index contributed by atoms with van der Waals surface area (Å²) in [5, 5.41) is 15.3. The monoisotopic (exact) mass is 473 g/mol. The van der Waals surface area contributed by atoms with Crippen LogP contribution in [0.3, 0.4) is 0 Å². The zero-order chi connectivity index (χ0) is 18.4. The Hall–Kier alpha value is -2.37. The molecule has 6 heteroatoms. The SMILES string of the molecule is CCOc1ccc(-c2csc(/C(C#N)=C\Nc3ccccc3I)n2)cc1. The number of ether oxygens (including phenoxy) is 1. The van der Waals surface area contributed by atoms with Crippen LogP contribution in [0.4, 0.5) is 5.69 Å². The summed E-state index contributed by atoms with van der Waals surface area (Å²) in [6, 6.07) is 17.9. The lowest BCUT2D eigenvalue weighted by atomic mass is 10.2. The number of aromatic nitrogens is 1. The Kier molecular flexibility index (Phi) is 6.26. The summed E-state index contributed by atoms with van der Waals surface area (Å²) in [6.45, 7) is 2.60. The Labute approximate surface area is 170 Å². The van der Waals surface area contributed by atoms with Gasteiger partial charge in [-0.25, -0.2) is 4.98 Å². The molecule has 2 aromatic carbocycles. The van der Waals surface area contributed by atoms with Crippen molar-refractivity contribution in [2.45, 2.75) is 6.92 Å². The summed E-state index contributed by atoms with van der Waals surface area (Å²) in [5.41, 5.74) is 3.32. The van der Waals surface area contributed by atoms with E-state index in [9.17, 15) is 5.26 Å². The molecule has 130 valence electrons. The van der Waals surface area contributed by atoms with Crippen molar-refractivity contribution >= 4 is 45.2 Å². The quantitative estimate of drug-likeness (QED) is 0.364. The minimum absolute atomic E-state index is 0.506. The molecule has 1 heterocycles. The van der Waals surface area contributed by atoms with Crippen LogP contribution < -0.4 is 10.1 Å². The van der Waals surface area contributed by atoms with Crippen LogP contribution in [0.2, 0.25) is 0 Å². The molecule has 3 rings (SSSR count). The third-order valence-electron chi connectivity index (χ3n) is 3.56. The maximum Gasteiger partial charge on any atom is 0.136 e. The van der Waals surface area contributed by atoms with Gasteiger partial charge in [0, 0.05) is 20.7 Å². The van der Waals surface area contributed by atoms with Crippen LogP contribution in [0.1, 0.15) is 11.9 Å². The van der Waals surface area contributed by atoms with Crippen molar-refractivity contribution in [3.05, 3.63) is 68.7 Å². The summed E-state index contributed by atoms with van der Waals surface area (Å²) in [5.74, 6) is 0.839. The first kappa shape index (κ1) is 18.4. The predicted molar refractivity (Wildman–Crippen MR) is 115 cm³/mol. The molecule has 26 heavy (non-hydrogen) atoms. The van der Waals surface area contributed by atoms with E-state index < -0.39 is 0 Å². The van der Waals surface area contributed by atoms with Crippen molar-refractivity contribution in [2.24, 2.45) is 0 Å². The minimum atomic E-state index is 0.506. The number of nitrogens with zero attached hydrogens (tertiary/aromatic N) is 2. The van der Waals surface area contributed by atoms with Gasteiger partial charge in [0.1, 0.15) is 22.4 Å². The zero-order valence-electron chi connectivity index (χ0n) is 14.1. The molecule has 0 fully saturated rings. The number of benzene rings is 2. The maximum absolute atomic E-state index is 9.49.